The van der Waals surface area contributed by atoms with Crippen molar-refractivity contribution in [2.75, 3.05) is 33.2 Å². The molecule has 0 unspecified atom stereocenters. The molecule has 0 saturated carbocycles. The number of rotatable bonds is 3. The summed E-state index contributed by atoms with van der Waals surface area (Å²) in [6.07, 6.45) is 1.01. The Bertz CT molecular complexity index is 545. The van der Waals surface area contributed by atoms with Gasteiger partial charge in [-0.25, -0.2) is 13.2 Å². The molecular weight excluding hydrogens is 260 g/mol. The van der Waals surface area contributed by atoms with E-state index in [0.29, 0.717) is 26.2 Å². The largest absolute Gasteiger partial charge is 0.478 e. The normalized spacial score (nSPS) is 18.9. The number of likely N-dealkylation sites (N-methyl/N-ethyl adjacent to an activating group) is 1. The molecule has 18 heavy (non-hydrogen) atoms. The first-order valence-corrected chi connectivity index (χ1v) is 6.82. The molecule has 1 fully saturated rings. The van der Waals surface area contributed by atoms with E-state index in [4.69, 9.17) is 5.11 Å². The number of piperazine rings is 1. The monoisotopic (exact) mass is 274 g/mol. The van der Waals surface area contributed by atoms with E-state index >= 15 is 0 Å². The number of H-pyrrole nitrogens is 1. The van der Waals surface area contributed by atoms with Crippen LogP contribution < -0.4 is 0 Å². The summed E-state index contributed by atoms with van der Waals surface area (Å²) in [5, 5.41) is 14.3. The molecular formula is C9H14N4O4S. The average Bonchev–Trinajstić information content (AvgIpc) is 2.79. The van der Waals surface area contributed by atoms with Crippen molar-refractivity contribution in [2.45, 2.75) is 5.03 Å². The van der Waals surface area contributed by atoms with Gasteiger partial charge in [0.1, 0.15) is 5.56 Å². The van der Waals surface area contributed by atoms with Crippen molar-refractivity contribution in [3.63, 3.8) is 0 Å². The third kappa shape index (κ3) is 2.24. The zero-order valence-corrected chi connectivity index (χ0v) is 10.6. The number of aromatic nitrogens is 2. The van der Waals surface area contributed by atoms with Crippen LogP contribution in [0.2, 0.25) is 0 Å². The van der Waals surface area contributed by atoms with Crippen molar-refractivity contribution in [2.24, 2.45) is 0 Å². The van der Waals surface area contributed by atoms with Crippen LogP contribution in [0.4, 0.5) is 0 Å². The fourth-order valence-electron chi connectivity index (χ4n) is 1.78. The maximum Gasteiger partial charge on any atom is 0.340 e. The predicted molar refractivity (Wildman–Crippen MR) is 61.8 cm³/mol. The van der Waals surface area contributed by atoms with Crippen LogP contribution >= 0.6 is 0 Å². The van der Waals surface area contributed by atoms with Gasteiger partial charge in [-0.3, -0.25) is 5.10 Å². The highest BCUT2D eigenvalue weighted by Gasteiger charge is 2.32. The van der Waals surface area contributed by atoms with Crippen LogP contribution in [0.3, 0.4) is 0 Å². The van der Waals surface area contributed by atoms with Crippen molar-refractivity contribution < 1.29 is 18.3 Å². The molecule has 1 aliphatic heterocycles. The van der Waals surface area contributed by atoms with Crippen molar-refractivity contribution in [3.8, 4) is 0 Å². The lowest BCUT2D eigenvalue weighted by Gasteiger charge is -2.31. The Morgan fingerprint density at radius 2 is 2.00 bits per heavy atom. The topological polar surface area (TPSA) is 107 Å². The lowest BCUT2D eigenvalue weighted by atomic mass is 10.4. The van der Waals surface area contributed by atoms with Crippen LogP contribution in [0.25, 0.3) is 0 Å². The first kappa shape index (κ1) is 13.0. The third-order valence-corrected chi connectivity index (χ3v) is 4.77. The molecule has 2 heterocycles. The van der Waals surface area contributed by atoms with Gasteiger partial charge in [0.05, 0.1) is 6.20 Å². The van der Waals surface area contributed by atoms with E-state index in [-0.39, 0.29) is 10.6 Å². The standard InChI is InChI=1S/C9H14N4O4S/c1-12-2-4-13(5-3-12)18(16,17)8-7(9(14)15)6-10-11-8/h6H,2-5H2,1H3,(H,10,11)(H,14,15). The molecule has 0 bridgehead atoms. The van der Waals surface area contributed by atoms with Crippen molar-refractivity contribution >= 4 is 16.0 Å². The van der Waals surface area contributed by atoms with Gasteiger partial charge in [-0.15, -0.1) is 0 Å². The molecule has 0 aliphatic carbocycles. The van der Waals surface area contributed by atoms with Gasteiger partial charge in [0.25, 0.3) is 10.0 Å². The van der Waals surface area contributed by atoms with E-state index in [1.165, 1.54) is 4.31 Å². The maximum atomic E-state index is 12.3. The molecule has 9 heteroatoms. The molecule has 100 valence electrons. The summed E-state index contributed by atoms with van der Waals surface area (Å²) in [7, 11) is -1.90. The number of carboxylic acid groups (broad SMARTS) is 1. The number of carboxylic acids is 1. The number of aromatic amines is 1. The Morgan fingerprint density at radius 1 is 1.39 bits per heavy atom. The average molecular weight is 274 g/mol. The summed E-state index contributed by atoms with van der Waals surface area (Å²) >= 11 is 0. The first-order valence-electron chi connectivity index (χ1n) is 5.38. The minimum atomic E-state index is -3.81. The fraction of sp³-hybridized carbons (Fsp3) is 0.556. The van der Waals surface area contributed by atoms with Crippen LogP contribution in [0.5, 0.6) is 0 Å². The number of nitrogens with zero attached hydrogens (tertiary/aromatic N) is 3. The Hall–Kier alpha value is -1.45. The molecule has 0 aromatic carbocycles. The smallest absolute Gasteiger partial charge is 0.340 e. The van der Waals surface area contributed by atoms with E-state index in [0.717, 1.165) is 6.20 Å². The van der Waals surface area contributed by atoms with E-state index in [9.17, 15) is 13.2 Å². The van der Waals surface area contributed by atoms with Gasteiger partial charge in [0.2, 0.25) is 0 Å². The van der Waals surface area contributed by atoms with Crippen LogP contribution in [-0.2, 0) is 10.0 Å². The first-order chi connectivity index (χ1) is 8.43. The molecule has 0 radical (unpaired) electrons. The number of nitrogens with one attached hydrogen (secondary N) is 1. The number of sulfonamides is 1. The predicted octanol–water partition coefficient (Wildman–Crippen LogP) is -0.956. The highest BCUT2D eigenvalue weighted by atomic mass is 32.2. The zero-order valence-electron chi connectivity index (χ0n) is 9.83. The summed E-state index contributed by atoms with van der Waals surface area (Å²) < 4.78 is 25.8. The lowest BCUT2D eigenvalue weighted by Crippen LogP contribution is -2.47. The number of hydrogen-bond acceptors (Lipinski definition) is 5. The van der Waals surface area contributed by atoms with E-state index in [2.05, 4.69) is 10.2 Å². The van der Waals surface area contributed by atoms with Crippen LogP contribution in [0, 0.1) is 0 Å². The van der Waals surface area contributed by atoms with Crippen molar-refractivity contribution in [3.05, 3.63) is 11.8 Å². The molecule has 1 saturated heterocycles. The second kappa shape index (κ2) is 4.67. The molecule has 2 rings (SSSR count). The lowest BCUT2D eigenvalue weighted by molar-refractivity contribution is 0.0692. The van der Waals surface area contributed by atoms with Gasteiger partial charge >= 0.3 is 5.97 Å². The van der Waals surface area contributed by atoms with Crippen molar-refractivity contribution in [1.82, 2.24) is 19.4 Å². The molecule has 1 aromatic heterocycles. The van der Waals surface area contributed by atoms with E-state index < -0.39 is 16.0 Å². The molecule has 1 aromatic rings. The quantitative estimate of drug-likeness (QED) is 0.735. The van der Waals surface area contributed by atoms with Crippen LogP contribution in [0.1, 0.15) is 10.4 Å². The molecule has 0 amide bonds. The Balaban J connectivity index is 2.31. The molecule has 0 spiro atoms. The Morgan fingerprint density at radius 3 is 2.56 bits per heavy atom. The maximum absolute atomic E-state index is 12.3. The van der Waals surface area contributed by atoms with Gasteiger partial charge in [-0.2, -0.15) is 9.40 Å². The van der Waals surface area contributed by atoms with Gasteiger partial charge in [0, 0.05) is 26.2 Å². The molecule has 2 N–H and O–H groups in total. The van der Waals surface area contributed by atoms with Gasteiger partial charge in [-0.05, 0) is 7.05 Å². The second-order valence-corrected chi connectivity index (χ2v) is 6.00. The fourth-order valence-corrected chi connectivity index (χ4v) is 3.27. The molecule has 0 atom stereocenters. The van der Waals surface area contributed by atoms with Gasteiger partial charge in [0.15, 0.2) is 5.03 Å². The zero-order chi connectivity index (χ0) is 13.3. The van der Waals surface area contributed by atoms with E-state index in [1.807, 2.05) is 11.9 Å². The third-order valence-electron chi connectivity index (χ3n) is 2.89. The molecule has 8 nitrogen and oxygen atoms in total. The van der Waals surface area contributed by atoms with Crippen LogP contribution in [-0.4, -0.2) is 72.1 Å². The number of hydrogen-bond donors (Lipinski definition) is 2. The second-order valence-electron chi connectivity index (χ2n) is 4.13. The number of carbonyl (C=O) groups is 1. The Kier molecular flexibility index (Phi) is 3.37. The Labute approximate surface area is 104 Å². The van der Waals surface area contributed by atoms with Gasteiger partial charge in [-0.1, -0.05) is 0 Å². The summed E-state index contributed by atoms with van der Waals surface area (Å²) in [6.45, 7) is 1.93. The van der Waals surface area contributed by atoms with Crippen LogP contribution in [0.15, 0.2) is 11.2 Å². The SMILES string of the molecule is CN1CCN(S(=O)(=O)c2[nH]ncc2C(=O)O)CC1. The van der Waals surface area contributed by atoms with E-state index in [1.54, 1.807) is 0 Å². The summed E-state index contributed by atoms with van der Waals surface area (Å²) in [5.74, 6) is -1.31. The highest BCUT2D eigenvalue weighted by Crippen LogP contribution is 2.18. The molecule has 1 aliphatic rings. The summed E-state index contributed by atoms with van der Waals surface area (Å²) in [4.78, 5) is 12.9. The highest BCUT2D eigenvalue weighted by molar-refractivity contribution is 7.89. The minimum Gasteiger partial charge on any atom is -0.478 e. The summed E-state index contributed by atoms with van der Waals surface area (Å²) in [5.41, 5.74) is -0.325. The number of aromatic carboxylic acids is 1. The summed E-state index contributed by atoms with van der Waals surface area (Å²) in [6, 6.07) is 0. The minimum absolute atomic E-state index is 0.325. The van der Waals surface area contributed by atoms with Crippen molar-refractivity contribution in [1.29, 1.82) is 0 Å². The van der Waals surface area contributed by atoms with Gasteiger partial charge < -0.3 is 10.0 Å².